The molecule has 0 spiro atoms. The molecule has 0 saturated heterocycles. The fraction of sp³-hybridized carbons (Fsp3) is 0.133. The van der Waals surface area contributed by atoms with E-state index in [1.165, 1.54) is 17.0 Å². The zero-order valence-electron chi connectivity index (χ0n) is 10.5. The number of thioether (sulfide) groups is 1. The molecule has 0 aromatic heterocycles. The summed E-state index contributed by atoms with van der Waals surface area (Å²) in [5.74, 6) is 0.0782. The minimum Gasteiger partial charge on any atom is -0.322 e. The van der Waals surface area contributed by atoms with Crippen LogP contribution in [0.25, 0.3) is 0 Å². The number of amidine groups is 1. The van der Waals surface area contributed by atoms with Crippen molar-refractivity contribution in [1.29, 1.82) is 5.41 Å². The standard InChI is InChI=1S/C15H13FN2S/c1-19-13-6-4-12(5-7-13)18-9-10-2-3-11(16)8-14(10)15(18)17/h2-8,17H,9H2,1H3. The Balaban J connectivity index is 1.94. The highest BCUT2D eigenvalue weighted by Gasteiger charge is 2.25. The molecule has 0 aliphatic carbocycles. The van der Waals surface area contributed by atoms with E-state index in [1.807, 2.05) is 35.4 Å². The van der Waals surface area contributed by atoms with Crippen LogP contribution in [-0.2, 0) is 6.54 Å². The van der Waals surface area contributed by atoms with Crippen LogP contribution < -0.4 is 4.90 Å². The van der Waals surface area contributed by atoms with E-state index >= 15 is 0 Å². The molecule has 0 fully saturated rings. The van der Waals surface area contributed by atoms with Crippen molar-refractivity contribution in [3.63, 3.8) is 0 Å². The topological polar surface area (TPSA) is 27.1 Å². The predicted molar refractivity (Wildman–Crippen MR) is 77.6 cm³/mol. The second-order valence-electron chi connectivity index (χ2n) is 4.43. The van der Waals surface area contributed by atoms with E-state index in [2.05, 4.69) is 0 Å². The Morgan fingerprint density at radius 3 is 2.58 bits per heavy atom. The van der Waals surface area contributed by atoms with E-state index in [0.29, 0.717) is 17.9 Å². The minimum atomic E-state index is -0.289. The molecule has 0 amide bonds. The highest BCUT2D eigenvalue weighted by Crippen LogP contribution is 2.29. The quantitative estimate of drug-likeness (QED) is 0.840. The van der Waals surface area contributed by atoms with E-state index in [4.69, 9.17) is 5.41 Å². The summed E-state index contributed by atoms with van der Waals surface area (Å²) in [6.07, 6.45) is 2.03. The summed E-state index contributed by atoms with van der Waals surface area (Å²) in [4.78, 5) is 3.09. The number of anilines is 1. The summed E-state index contributed by atoms with van der Waals surface area (Å²) >= 11 is 1.69. The Labute approximate surface area is 115 Å². The van der Waals surface area contributed by atoms with Crippen LogP contribution in [0, 0.1) is 11.2 Å². The third-order valence-corrected chi connectivity index (χ3v) is 4.05. The molecule has 0 atom stereocenters. The van der Waals surface area contributed by atoms with Crippen LogP contribution in [0.3, 0.4) is 0 Å². The van der Waals surface area contributed by atoms with Gasteiger partial charge in [0.2, 0.25) is 0 Å². The van der Waals surface area contributed by atoms with Gasteiger partial charge in [-0.05, 0) is 48.2 Å². The highest BCUT2D eigenvalue weighted by molar-refractivity contribution is 7.98. The van der Waals surface area contributed by atoms with Crippen molar-refractivity contribution in [3.8, 4) is 0 Å². The largest absolute Gasteiger partial charge is 0.322 e. The molecule has 2 aromatic carbocycles. The van der Waals surface area contributed by atoms with Gasteiger partial charge in [-0.15, -0.1) is 11.8 Å². The minimum absolute atomic E-state index is 0.289. The molecule has 3 rings (SSSR count). The molecule has 0 saturated carbocycles. The van der Waals surface area contributed by atoms with Crippen LogP contribution in [-0.4, -0.2) is 12.1 Å². The maximum absolute atomic E-state index is 13.2. The lowest BCUT2D eigenvalue weighted by atomic mass is 10.1. The van der Waals surface area contributed by atoms with E-state index < -0.39 is 0 Å². The number of rotatable bonds is 2. The molecule has 0 radical (unpaired) electrons. The average Bonchev–Trinajstić information content (AvgIpc) is 2.76. The second kappa shape index (κ2) is 4.70. The molecular weight excluding hydrogens is 259 g/mol. The molecular formula is C15H13FN2S. The number of benzene rings is 2. The van der Waals surface area contributed by atoms with Crippen molar-refractivity contribution in [3.05, 3.63) is 59.4 Å². The first-order valence-electron chi connectivity index (χ1n) is 5.98. The number of fused-ring (bicyclic) bond motifs is 1. The number of hydrogen-bond acceptors (Lipinski definition) is 2. The molecule has 0 unspecified atom stereocenters. The van der Waals surface area contributed by atoms with Crippen LogP contribution in [0.4, 0.5) is 10.1 Å². The number of nitrogens with zero attached hydrogens (tertiary/aromatic N) is 1. The Hall–Kier alpha value is -1.81. The third kappa shape index (κ3) is 2.12. The highest BCUT2D eigenvalue weighted by atomic mass is 32.2. The van der Waals surface area contributed by atoms with Crippen molar-refractivity contribution in [2.75, 3.05) is 11.2 Å². The van der Waals surface area contributed by atoms with E-state index in [1.54, 1.807) is 17.8 Å². The lowest BCUT2D eigenvalue weighted by molar-refractivity contribution is 0.627. The molecule has 2 aromatic rings. The summed E-state index contributed by atoms with van der Waals surface area (Å²) in [7, 11) is 0. The monoisotopic (exact) mass is 272 g/mol. The summed E-state index contributed by atoms with van der Waals surface area (Å²) in [6.45, 7) is 0.632. The van der Waals surface area contributed by atoms with Crippen molar-refractivity contribution in [2.45, 2.75) is 11.4 Å². The summed E-state index contributed by atoms with van der Waals surface area (Å²) in [5.41, 5.74) is 2.66. The van der Waals surface area contributed by atoms with Crippen molar-refractivity contribution in [2.24, 2.45) is 0 Å². The smallest absolute Gasteiger partial charge is 0.133 e. The van der Waals surface area contributed by atoms with Gasteiger partial charge >= 0.3 is 0 Å². The lowest BCUT2D eigenvalue weighted by Gasteiger charge is -2.18. The van der Waals surface area contributed by atoms with Gasteiger partial charge in [0.15, 0.2) is 0 Å². The SMILES string of the molecule is CSc1ccc(N2Cc3ccc(F)cc3C2=N)cc1. The number of hydrogen-bond donors (Lipinski definition) is 1. The molecule has 2 nitrogen and oxygen atoms in total. The number of halogens is 1. The van der Waals surface area contributed by atoms with Crippen molar-refractivity contribution in [1.82, 2.24) is 0 Å². The van der Waals surface area contributed by atoms with Gasteiger partial charge in [-0.1, -0.05) is 6.07 Å². The summed E-state index contributed by atoms with van der Waals surface area (Å²) in [5, 5.41) is 8.17. The molecule has 0 bridgehead atoms. The van der Waals surface area contributed by atoms with Crippen LogP contribution >= 0.6 is 11.8 Å². The molecule has 1 aliphatic heterocycles. The molecule has 1 aliphatic rings. The van der Waals surface area contributed by atoms with Crippen molar-refractivity contribution < 1.29 is 4.39 Å². The van der Waals surface area contributed by atoms with Crippen molar-refractivity contribution >= 4 is 23.3 Å². The molecule has 19 heavy (non-hydrogen) atoms. The fourth-order valence-electron chi connectivity index (χ4n) is 2.28. The first kappa shape index (κ1) is 12.2. The van der Waals surface area contributed by atoms with E-state index in [0.717, 1.165) is 11.3 Å². The molecule has 96 valence electrons. The zero-order chi connectivity index (χ0) is 13.4. The average molecular weight is 272 g/mol. The predicted octanol–water partition coefficient (Wildman–Crippen LogP) is 3.89. The zero-order valence-corrected chi connectivity index (χ0v) is 11.3. The van der Waals surface area contributed by atoms with Gasteiger partial charge < -0.3 is 4.90 Å². The van der Waals surface area contributed by atoms with E-state index in [9.17, 15) is 4.39 Å². The molecule has 1 N–H and O–H groups in total. The van der Waals surface area contributed by atoms with Gasteiger partial charge in [0.05, 0.1) is 6.54 Å². The van der Waals surface area contributed by atoms with Crippen LogP contribution in [0.1, 0.15) is 11.1 Å². The third-order valence-electron chi connectivity index (χ3n) is 3.31. The second-order valence-corrected chi connectivity index (χ2v) is 5.31. The molecule has 1 heterocycles. The summed E-state index contributed by atoms with van der Waals surface area (Å²) in [6, 6.07) is 12.7. The fourth-order valence-corrected chi connectivity index (χ4v) is 2.69. The normalized spacial score (nSPS) is 13.8. The van der Waals surface area contributed by atoms with Gasteiger partial charge in [-0.25, -0.2) is 4.39 Å². The van der Waals surface area contributed by atoms with Crippen LogP contribution in [0.15, 0.2) is 47.4 Å². The maximum atomic E-state index is 13.2. The van der Waals surface area contributed by atoms with Gasteiger partial charge in [0.1, 0.15) is 11.7 Å². The first-order chi connectivity index (χ1) is 9.19. The van der Waals surface area contributed by atoms with Gasteiger partial charge in [0.25, 0.3) is 0 Å². The Kier molecular flexibility index (Phi) is 3.03. The molecule has 4 heteroatoms. The van der Waals surface area contributed by atoms with E-state index in [-0.39, 0.29) is 5.82 Å². The van der Waals surface area contributed by atoms with Gasteiger partial charge in [0, 0.05) is 16.1 Å². The maximum Gasteiger partial charge on any atom is 0.133 e. The Bertz CT molecular complexity index is 637. The number of nitrogens with one attached hydrogen (secondary N) is 1. The van der Waals surface area contributed by atoms with Gasteiger partial charge in [-0.2, -0.15) is 0 Å². The first-order valence-corrected chi connectivity index (χ1v) is 7.20. The Morgan fingerprint density at radius 2 is 1.89 bits per heavy atom. The summed E-state index contributed by atoms with van der Waals surface area (Å²) < 4.78 is 13.2. The van der Waals surface area contributed by atoms with Crippen LogP contribution in [0.5, 0.6) is 0 Å². The van der Waals surface area contributed by atoms with Gasteiger partial charge in [-0.3, -0.25) is 5.41 Å². The Morgan fingerprint density at radius 1 is 1.16 bits per heavy atom. The lowest BCUT2D eigenvalue weighted by Crippen LogP contribution is -2.22. The van der Waals surface area contributed by atoms with Crippen LogP contribution in [0.2, 0.25) is 0 Å².